The first-order valence-corrected chi connectivity index (χ1v) is 11.3. The van der Waals surface area contributed by atoms with E-state index in [0.29, 0.717) is 48.4 Å². The van der Waals surface area contributed by atoms with Gasteiger partial charge in [-0.2, -0.15) is 4.31 Å². The second-order valence-electron chi connectivity index (χ2n) is 6.90. The van der Waals surface area contributed by atoms with Gasteiger partial charge in [-0.3, -0.25) is 0 Å². The summed E-state index contributed by atoms with van der Waals surface area (Å²) in [6.07, 6.45) is 3.19. The summed E-state index contributed by atoms with van der Waals surface area (Å²) in [7, 11) is -3.60. The molecule has 1 aromatic carbocycles. The SMILES string of the molecule is Cc1ccc(Cl)cc1S(=O)(=O)N1CCN(c2cc(Nc3ccccn3)ncn2)CC1. The third-order valence-electron chi connectivity index (χ3n) is 4.90. The van der Waals surface area contributed by atoms with E-state index >= 15 is 0 Å². The second kappa shape index (κ2) is 8.55. The molecule has 1 fully saturated rings. The van der Waals surface area contributed by atoms with Gasteiger partial charge in [-0.15, -0.1) is 0 Å². The van der Waals surface area contributed by atoms with Gasteiger partial charge in [0.05, 0.1) is 4.90 Å². The predicted octanol–water partition coefficient (Wildman–Crippen LogP) is 3.09. The number of nitrogens with one attached hydrogen (secondary N) is 1. The van der Waals surface area contributed by atoms with Crippen LogP contribution in [0, 0.1) is 6.92 Å². The van der Waals surface area contributed by atoms with Crippen LogP contribution in [-0.2, 0) is 10.0 Å². The first-order chi connectivity index (χ1) is 14.4. The van der Waals surface area contributed by atoms with E-state index in [2.05, 4.69) is 20.3 Å². The number of benzene rings is 1. The Morgan fingerprint density at radius 2 is 1.77 bits per heavy atom. The molecule has 3 aromatic rings. The molecular weight excluding hydrogens is 424 g/mol. The highest BCUT2D eigenvalue weighted by atomic mass is 35.5. The molecule has 10 heteroatoms. The molecule has 30 heavy (non-hydrogen) atoms. The van der Waals surface area contributed by atoms with Crippen LogP contribution in [0.25, 0.3) is 0 Å². The molecule has 1 aliphatic heterocycles. The summed E-state index contributed by atoms with van der Waals surface area (Å²) in [6.45, 7) is 3.55. The van der Waals surface area contributed by atoms with E-state index in [1.54, 1.807) is 25.3 Å². The van der Waals surface area contributed by atoms with Crippen LogP contribution in [0.15, 0.2) is 59.9 Å². The van der Waals surface area contributed by atoms with Crippen LogP contribution in [0.4, 0.5) is 17.5 Å². The summed E-state index contributed by atoms with van der Waals surface area (Å²) in [6, 6.07) is 12.3. The van der Waals surface area contributed by atoms with Crippen molar-refractivity contribution < 1.29 is 8.42 Å². The Balaban J connectivity index is 1.46. The highest BCUT2D eigenvalue weighted by molar-refractivity contribution is 7.89. The summed E-state index contributed by atoms with van der Waals surface area (Å²) in [4.78, 5) is 15.1. The van der Waals surface area contributed by atoms with Crippen LogP contribution in [0.5, 0.6) is 0 Å². The van der Waals surface area contributed by atoms with E-state index in [1.165, 1.54) is 16.7 Å². The van der Waals surface area contributed by atoms with E-state index < -0.39 is 10.0 Å². The minimum Gasteiger partial charge on any atom is -0.354 e. The lowest BCUT2D eigenvalue weighted by Crippen LogP contribution is -2.49. The van der Waals surface area contributed by atoms with Crippen molar-refractivity contribution in [2.45, 2.75) is 11.8 Å². The molecule has 0 radical (unpaired) electrons. The number of pyridine rings is 1. The topological polar surface area (TPSA) is 91.3 Å². The molecule has 0 aliphatic carbocycles. The molecule has 0 saturated carbocycles. The van der Waals surface area contributed by atoms with E-state index in [-0.39, 0.29) is 4.90 Å². The van der Waals surface area contributed by atoms with Crippen LogP contribution >= 0.6 is 11.6 Å². The van der Waals surface area contributed by atoms with Crippen LogP contribution in [0.2, 0.25) is 5.02 Å². The van der Waals surface area contributed by atoms with Crippen molar-refractivity contribution in [3.8, 4) is 0 Å². The quantitative estimate of drug-likeness (QED) is 0.646. The van der Waals surface area contributed by atoms with Crippen molar-refractivity contribution in [3.05, 3.63) is 65.6 Å². The normalized spacial score (nSPS) is 15.2. The molecule has 2 aromatic heterocycles. The fourth-order valence-electron chi connectivity index (χ4n) is 3.30. The number of rotatable bonds is 5. The molecule has 1 N–H and O–H groups in total. The monoisotopic (exact) mass is 444 g/mol. The van der Waals surface area contributed by atoms with Crippen LogP contribution in [0.3, 0.4) is 0 Å². The fraction of sp³-hybridized carbons (Fsp3) is 0.250. The molecular formula is C20H21ClN6O2S. The lowest BCUT2D eigenvalue weighted by molar-refractivity contribution is 0.383. The van der Waals surface area contributed by atoms with Crippen molar-refractivity contribution in [1.82, 2.24) is 19.3 Å². The Morgan fingerprint density at radius 3 is 2.50 bits per heavy atom. The largest absolute Gasteiger partial charge is 0.354 e. The molecule has 4 rings (SSSR count). The number of halogens is 1. The van der Waals surface area contributed by atoms with Gasteiger partial charge in [-0.1, -0.05) is 23.7 Å². The third-order valence-corrected chi connectivity index (χ3v) is 7.18. The van der Waals surface area contributed by atoms with Crippen molar-refractivity contribution in [2.75, 3.05) is 36.4 Å². The van der Waals surface area contributed by atoms with Crippen molar-refractivity contribution >= 4 is 39.1 Å². The first kappa shape index (κ1) is 20.5. The number of sulfonamides is 1. The Bertz CT molecular complexity index is 1140. The van der Waals surface area contributed by atoms with Crippen LogP contribution in [0.1, 0.15) is 5.56 Å². The van der Waals surface area contributed by atoms with Crippen molar-refractivity contribution in [3.63, 3.8) is 0 Å². The summed E-state index contributed by atoms with van der Waals surface area (Å²) >= 11 is 6.02. The molecule has 1 aliphatic rings. The van der Waals surface area contributed by atoms with E-state index in [9.17, 15) is 8.42 Å². The fourth-order valence-corrected chi connectivity index (χ4v) is 5.21. The molecule has 0 unspecified atom stereocenters. The minimum absolute atomic E-state index is 0.257. The number of aromatic nitrogens is 3. The number of nitrogens with zero attached hydrogens (tertiary/aromatic N) is 5. The Hall–Kier alpha value is -2.75. The van der Waals surface area contributed by atoms with Gasteiger partial charge in [0, 0.05) is 43.5 Å². The highest BCUT2D eigenvalue weighted by Gasteiger charge is 2.30. The maximum atomic E-state index is 13.1. The zero-order valence-corrected chi connectivity index (χ0v) is 17.9. The Morgan fingerprint density at radius 1 is 0.967 bits per heavy atom. The molecule has 8 nitrogen and oxygen atoms in total. The summed E-state index contributed by atoms with van der Waals surface area (Å²) in [5.41, 5.74) is 0.683. The van der Waals surface area contributed by atoms with Gasteiger partial charge >= 0.3 is 0 Å². The standard InChI is InChI=1S/C20H21ClN6O2S/c1-15-5-6-16(21)12-17(15)30(28,29)27-10-8-26(9-11-27)20-13-19(23-14-24-20)25-18-4-2-3-7-22-18/h2-7,12-14H,8-11H2,1H3,(H,22,23,24,25). The molecule has 0 spiro atoms. The lowest BCUT2D eigenvalue weighted by Gasteiger charge is -2.35. The molecule has 0 amide bonds. The van der Waals surface area contributed by atoms with Crippen molar-refractivity contribution in [1.29, 1.82) is 0 Å². The van der Waals surface area contributed by atoms with Crippen molar-refractivity contribution in [2.24, 2.45) is 0 Å². The number of hydrogen-bond acceptors (Lipinski definition) is 7. The molecule has 156 valence electrons. The van der Waals surface area contributed by atoms with Crippen LogP contribution in [-0.4, -0.2) is 53.9 Å². The lowest BCUT2D eigenvalue weighted by atomic mass is 10.2. The maximum Gasteiger partial charge on any atom is 0.243 e. The van der Waals surface area contributed by atoms with E-state index in [1.807, 2.05) is 29.2 Å². The van der Waals surface area contributed by atoms with E-state index in [0.717, 1.165) is 5.82 Å². The Kier molecular flexibility index (Phi) is 5.85. The molecule has 3 heterocycles. The second-order valence-corrected chi connectivity index (χ2v) is 9.25. The van der Waals surface area contributed by atoms with Gasteiger partial charge in [0.15, 0.2) is 0 Å². The number of aryl methyl sites for hydroxylation is 1. The minimum atomic E-state index is -3.60. The summed E-state index contributed by atoms with van der Waals surface area (Å²) in [5, 5.41) is 3.55. The predicted molar refractivity (Wildman–Crippen MR) is 117 cm³/mol. The molecule has 0 atom stereocenters. The van der Waals surface area contributed by atoms with Crippen LogP contribution < -0.4 is 10.2 Å². The van der Waals surface area contributed by atoms with E-state index in [4.69, 9.17) is 11.6 Å². The van der Waals surface area contributed by atoms with Gasteiger partial charge in [-0.05, 0) is 36.8 Å². The zero-order chi connectivity index (χ0) is 21.1. The van der Waals surface area contributed by atoms with Gasteiger partial charge in [0.1, 0.15) is 23.8 Å². The third kappa shape index (κ3) is 4.38. The van der Waals surface area contributed by atoms with Gasteiger partial charge < -0.3 is 10.2 Å². The molecule has 1 saturated heterocycles. The summed E-state index contributed by atoms with van der Waals surface area (Å²) in [5.74, 6) is 2.05. The smallest absolute Gasteiger partial charge is 0.243 e. The number of anilines is 3. The number of hydrogen-bond donors (Lipinski definition) is 1. The van der Waals surface area contributed by atoms with Gasteiger partial charge in [0.2, 0.25) is 10.0 Å². The first-order valence-electron chi connectivity index (χ1n) is 9.45. The maximum absolute atomic E-state index is 13.1. The van der Waals surface area contributed by atoms with Gasteiger partial charge in [-0.25, -0.2) is 23.4 Å². The number of piperazine rings is 1. The Labute approximate surface area is 180 Å². The summed E-state index contributed by atoms with van der Waals surface area (Å²) < 4.78 is 27.6. The van der Waals surface area contributed by atoms with Gasteiger partial charge in [0.25, 0.3) is 0 Å². The average molecular weight is 445 g/mol. The molecule has 0 bridgehead atoms. The average Bonchev–Trinajstić information content (AvgIpc) is 2.76. The highest BCUT2D eigenvalue weighted by Crippen LogP contribution is 2.26. The zero-order valence-electron chi connectivity index (χ0n) is 16.4.